The van der Waals surface area contributed by atoms with Gasteiger partial charge in [0, 0.05) is 12.5 Å². The maximum Gasteiger partial charge on any atom is 0.407 e. The van der Waals surface area contributed by atoms with E-state index in [2.05, 4.69) is 0 Å². The van der Waals surface area contributed by atoms with Crippen molar-refractivity contribution in [2.24, 2.45) is 0 Å². The average Bonchev–Trinajstić information content (AvgIpc) is 2.77. The zero-order valence-electron chi connectivity index (χ0n) is 17.6. The number of likely N-dealkylation sites (tertiary alicyclic amines) is 1. The van der Waals surface area contributed by atoms with Gasteiger partial charge in [-0.1, -0.05) is 29.8 Å². The molecule has 2 atom stereocenters. The number of carboxylic acid groups (broad SMARTS) is 1. The van der Waals surface area contributed by atoms with Crippen molar-refractivity contribution in [3.05, 3.63) is 59.7 Å². The second-order valence-electron chi connectivity index (χ2n) is 7.40. The standard InChI is InChI=1S/C22H27NO7S/c1-16-3-9-19(10-4-16)31(26,27)30-14-13-29-21-15-23(22(24)25)12-11-20(21)17-5-7-18(28-2)8-6-17/h3-10,20-21H,11-15H2,1-2H3,(H,24,25). The summed E-state index contributed by atoms with van der Waals surface area (Å²) in [6, 6.07) is 14.0. The number of hydrogen-bond donors (Lipinski definition) is 1. The van der Waals surface area contributed by atoms with E-state index in [9.17, 15) is 18.3 Å². The number of methoxy groups -OCH3 is 1. The van der Waals surface area contributed by atoms with Crippen LogP contribution in [0.2, 0.25) is 0 Å². The molecule has 0 radical (unpaired) electrons. The minimum Gasteiger partial charge on any atom is -0.497 e. The lowest BCUT2D eigenvalue weighted by Crippen LogP contribution is -2.46. The van der Waals surface area contributed by atoms with E-state index in [-0.39, 0.29) is 30.6 Å². The number of rotatable bonds is 8. The highest BCUT2D eigenvalue weighted by Crippen LogP contribution is 2.31. The number of carbonyl (C=O) groups is 1. The number of benzene rings is 2. The summed E-state index contributed by atoms with van der Waals surface area (Å²) in [5, 5.41) is 9.35. The SMILES string of the molecule is COc1ccc(C2CCN(C(=O)O)CC2OCCOS(=O)(=O)c2ccc(C)cc2)cc1. The predicted octanol–water partition coefficient (Wildman–Crippen LogP) is 3.26. The summed E-state index contributed by atoms with van der Waals surface area (Å²) in [5.74, 6) is 0.717. The van der Waals surface area contributed by atoms with Crippen molar-refractivity contribution < 1.29 is 32.0 Å². The van der Waals surface area contributed by atoms with E-state index in [1.54, 1.807) is 19.2 Å². The number of aryl methyl sites for hydroxylation is 1. The Bertz CT molecular complexity index is 974. The molecule has 1 saturated heterocycles. The van der Waals surface area contributed by atoms with E-state index >= 15 is 0 Å². The molecule has 168 valence electrons. The van der Waals surface area contributed by atoms with Crippen LogP contribution >= 0.6 is 0 Å². The Morgan fingerprint density at radius 3 is 2.39 bits per heavy atom. The van der Waals surface area contributed by atoms with Crippen LogP contribution in [0.4, 0.5) is 4.79 Å². The normalized spacial score (nSPS) is 19.2. The minimum absolute atomic E-state index is 0.0183. The van der Waals surface area contributed by atoms with Crippen LogP contribution in [0, 0.1) is 6.92 Å². The second kappa shape index (κ2) is 10.1. The Hall–Kier alpha value is -2.62. The van der Waals surface area contributed by atoms with Crippen LogP contribution in [0.15, 0.2) is 53.4 Å². The van der Waals surface area contributed by atoms with Crippen molar-refractivity contribution in [3.63, 3.8) is 0 Å². The first-order valence-electron chi connectivity index (χ1n) is 9.99. The van der Waals surface area contributed by atoms with Crippen molar-refractivity contribution in [1.29, 1.82) is 0 Å². The fourth-order valence-electron chi connectivity index (χ4n) is 3.61. The molecule has 1 fully saturated rings. The van der Waals surface area contributed by atoms with E-state index in [0.29, 0.717) is 13.0 Å². The number of nitrogens with zero attached hydrogens (tertiary/aromatic N) is 1. The van der Waals surface area contributed by atoms with Crippen LogP contribution in [-0.2, 0) is 19.0 Å². The van der Waals surface area contributed by atoms with Gasteiger partial charge in [-0.25, -0.2) is 4.79 Å². The lowest BCUT2D eigenvalue weighted by atomic mass is 9.87. The molecule has 1 amide bonds. The minimum atomic E-state index is -3.88. The molecule has 0 aromatic heterocycles. The van der Waals surface area contributed by atoms with Gasteiger partial charge in [0.1, 0.15) is 5.75 Å². The third-order valence-electron chi connectivity index (χ3n) is 5.34. The third kappa shape index (κ3) is 5.96. The lowest BCUT2D eigenvalue weighted by molar-refractivity contribution is -0.0200. The Morgan fingerprint density at radius 1 is 1.10 bits per heavy atom. The first-order valence-corrected chi connectivity index (χ1v) is 11.4. The van der Waals surface area contributed by atoms with Crippen LogP contribution in [0.25, 0.3) is 0 Å². The van der Waals surface area contributed by atoms with Gasteiger partial charge < -0.3 is 19.5 Å². The topological polar surface area (TPSA) is 102 Å². The number of amides is 1. The van der Waals surface area contributed by atoms with E-state index in [0.717, 1.165) is 16.9 Å². The summed E-state index contributed by atoms with van der Waals surface area (Å²) >= 11 is 0. The molecule has 3 rings (SSSR count). The van der Waals surface area contributed by atoms with Crippen molar-refractivity contribution in [2.45, 2.75) is 30.3 Å². The Kier molecular flexibility index (Phi) is 7.53. The summed E-state index contributed by atoms with van der Waals surface area (Å²) in [5.41, 5.74) is 1.97. The molecule has 8 nitrogen and oxygen atoms in total. The van der Waals surface area contributed by atoms with Gasteiger partial charge in [-0.2, -0.15) is 8.42 Å². The first-order chi connectivity index (χ1) is 14.8. The molecule has 0 spiro atoms. The molecule has 1 aliphatic heterocycles. The zero-order chi connectivity index (χ0) is 22.4. The van der Waals surface area contributed by atoms with Gasteiger partial charge >= 0.3 is 6.09 Å². The van der Waals surface area contributed by atoms with E-state index < -0.39 is 22.3 Å². The van der Waals surface area contributed by atoms with Crippen molar-refractivity contribution in [2.75, 3.05) is 33.4 Å². The molecule has 0 aliphatic carbocycles. The lowest BCUT2D eigenvalue weighted by Gasteiger charge is -2.37. The number of hydrogen-bond acceptors (Lipinski definition) is 6. The van der Waals surface area contributed by atoms with E-state index in [4.69, 9.17) is 13.7 Å². The molecule has 31 heavy (non-hydrogen) atoms. The average molecular weight is 450 g/mol. The molecule has 1 aliphatic rings. The molecule has 2 aromatic rings. The molecule has 2 unspecified atom stereocenters. The smallest absolute Gasteiger partial charge is 0.407 e. The molecular weight excluding hydrogens is 422 g/mol. The summed E-state index contributed by atoms with van der Waals surface area (Å²) < 4.78 is 40.8. The van der Waals surface area contributed by atoms with Crippen LogP contribution in [0.1, 0.15) is 23.5 Å². The van der Waals surface area contributed by atoms with Gasteiger partial charge in [-0.3, -0.25) is 4.18 Å². The van der Waals surface area contributed by atoms with Gasteiger partial charge in [0.2, 0.25) is 0 Å². The van der Waals surface area contributed by atoms with Crippen LogP contribution < -0.4 is 4.74 Å². The first kappa shape index (κ1) is 23.1. The van der Waals surface area contributed by atoms with Gasteiger partial charge in [0.05, 0.1) is 37.9 Å². The maximum absolute atomic E-state index is 12.3. The third-order valence-corrected chi connectivity index (χ3v) is 6.66. The molecule has 0 bridgehead atoms. The quantitative estimate of drug-likeness (QED) is 0.487. The highest BCUT2D eigenvalue weighted by Gasteiger charge is 2.33. The van der Waals surface area contributed by atoms with Gasteiger partial charge in [-0.05, 0) is 43.2 Å². The molecule has 1 heterocycles. The fourth-order valence-corrected chi connectivity index (χ4v) is 4.50. The second-order valence-corrected chi connectivity index (χ2v) is 9.01. The highest BCUT2D eigenvalue weighted by atomic mass is 32.2. The van der Waals surface area contributed by atoms with Crippen molar-refractivity contribution in [3.8, 4) is 5.75 Å². The molecule has 1 N–H and O–H groups in total. The summed E-state index contributed by atoms with van der Waals surface area (Å²) in [6.07, 6.45) is -0.810. The molecule has 0 saturated carbocycles. The van der Waals surface area contributed by atoms with E-state index in [1.165, 1.54) is 17.0 Å². The molecule has 9 heteroatoms. The van der Waals surface area contributed by atoms with Crippen LogP contribution in [-0.4, -0.2) is 64.0 Å². The summed E-state index contributed by atoms with van der Waals surface area (Å²) in [6.45, 7) is 2.35. The van der Waals surface area contributed by atoms with Gasteiger partial charge in [-0.15, -0.1) is 0 Å². The Labute approximate surface area is 182 Å². The Balaban J connectivity index is 1.62. The number of ether oxygens (including phenoxy) is 2. The van der Waals surface area contributed by atoms with Crippen molar-refractivity contribution >= 4 is 16.2 Å². The van der Waals surface area contributed by atoms with Crippen LogP contribution in [0.3, 0.4) is 0 Å². The summed E-state index contributed by atoms with van der Waals surface area (Å²) in [7, 11) is -2.28. The largest absolute Gasteiger partial charge is 0.497 e. The molecular formula is C22H27NO7S. The fraction of sp³-hybridized carbons (Fsp3) is 0.409. The van der Waals surface area contributed by atoms with Crippen LogP contribution in [0.5, 0.6) is 5.75 Å². The zero-order valence-corrected chi connectivity index (χ0v) is 18.4. The number of piperidine rings is 1. The van der Waals surface area contributed by atoms with E-state index in [1.807, 2.05) is 31.2 Å². The van der Waals surface area contributed by atoms with Gasteiger partial charge in [0.15, 0.2) is 0 Å². The Morgan fingerprint density at radius 2 is 1.77 bits per heavy atom. The van der Waals surface area contributed by atoms with Crippen molar-refractivity contribution in [1.82, 2.24) is 4.90 Å². The summed E-state index contributed by atoms with van der Waals surface area (Å²) in [4.78, 5) is 12.8. The molecule has 2 aromatic carbocycles. The predicted molar refractivity (Wildman–Crippen MR) is 114 cm³/mol. The maximum atomic E-state index is 12.3. The van der Waals surface area contributed by atoms with Gasteiger partial charge in [0.25, 0.3) is 10.1 Å². The monoisotopic (exact) mass is 449 g/mol. The highest BCUT2D eigenvalue weighted by molar-refractivity contribution is 7.86.